The first-order valence-electron chi connectivity index (χ1n) is 7.10. The average molecular weight is 352 g/mol. The molecule has 0 aliphatic rings. The van der Waals surface area contributed by atoms with Crippen molar-refractivity contribution in [3.05, 3.63) is 55.2 Å². The molecule has 2 rings (SSSR count). The Morgan fingerprint density at radius 2 is 1.95 bits per heavy atom. The summed E-state index contributed by atoms with van der Waals surface area (Å²) < 4.78 is 1.21. The molecule has 2 aromatic rings. The van der Waals surface area contributed by atoms with Gasteiger partial charge in [0.15, 0.2) is 0 Å². The lowest BCUT2D eigenvalue weighted by Crippen LogP contribution is -2.24. The number of thiophene rings is 1. The minimum absolute atomic E-state index is 0.289. The van der Waals surface area contributed by atoms with Gasteiger partial charge >= 0.3 is 0 Å². The third-order valence-corrected chi connectivity index (χ3v) is 5.36. The molecule has 3 heteroatoms. The van der Waals surface area contributed by atoms with Crippen LogP contribution in [-0.2, 0) is 0 Å². The first kappa shape index (κ1) is 15.7. The van der Waals surface area contributed by atoms with Crippen LogP contribution < -0.4 is 5.32 Å². The van der Waals surface area contributed by atoms with Crippen LogP contribution in [0.3, 0.4) is 0 Å². The standard InChI is InChI=1S/C17H22BrNS/c1-5-9-19-17(15-10-16(18)20-13(15)4)14-8-6-7-11(2)12(14)3/h6-8,10,17,19H,5,9H2,1-4H3. The Morgan fingerprint density at radius 1 is 1.20 bits per heavy atom. The van der Waals surface area contributed by atoms with E-state index >= 15 is 0 Å². The zero-order chi connectivity index (χ0) is 14.7. The van der Waals surface area contributed by atoms with Crippen molar-refractivity contribution in [3.63, 3.8) is 0 Å². The topological polar surface area (TPSA) is 12.0 Å². The van der Waals surface area contributed by atoms with Crippen molar-refractivity contribution in [1.82, 2.24) is 5.32 Å². The third kappa shape index (κ3) is 3.33. The van der Waals surface area contributed by atoms with E-state index in [1.807, 2.05) is 11.3 Å². The van der Waals surface area contributed by atoms with Crippen molar-refractivity contribution < 1.29 is 0 Å². The molecule has 108 valence electrons. The van der Waals surface area contributed by atoms with Crippen LogP contribution in [0.15, 0.2) is 28.1 Å². The highest BCUT2D eigenvalue weighted by Gasteiger charge is 2.19. The monoisotopic (exact) mass is 351 g/mol. The minimum Gasteiger partial charge on any atom is -0.306 e. The van der Waals surface area contributed by atoms with E-state index in [0.29, 0.717) is 0 Å². The molecule has 1 unspecified atom stereocenters. The number of halogens is 1. The van der Waals surface area contributed by atoms with E-state index < -0.39 is 0 Å². The SMILES string of the molecule is CCCNC(c1cc(Br)sc1C)c1cccc(C)c1C. The molecule has 0 saturated heterocycles. The molecule has 1 heterocycles. The Bertz CT molecular complexity index is 589. The third-order valence-electron chi connectivity index (χ3n) is 3.79. The smallest absolute Gasteiger partial charge is 0.0704 e. The van der Waals surface area contributed by atoms with Crippen molar-refractivity contribution >= 4 is 27.3 Å². The Kier molecular flexibility index (Phi) is 5.42. The van der Waals surface area contributed by atoms with Crippen LogP contribution in [0.4, 0.5) is 0 Å². The molecule has 0 bridgehead atoms. The van der Waals surface area contributed by atoms with Crippen LogP contribution in [0.25, 0.3) is 0 Å². The van der Waals surface area contributed by atoms with Gasteiger partial charge in [-0.2, -0.15) is 0 Å². The maximum Gasteiger partial charge on any atom is 0.0704 e. The zero-order valence-corrected chi connectivity index (χ0v) is 15.0. The molecule has 20 heavy (non-hydrogen) atoms. The zero-order valence-electron chi connectivity index (χ0n) is 12.6. The molecule has 1 nitrogen and oxygen atoms in total. The molecule has 0 saturated carbocycles. The number of rotatable bonds is 5. The molecule has 0 aliphatic carbocycles. The van der Waals surface area contributed by atoms with Gasteiger partial charge in [0.2, 0.25) is 0 Å². The van der Waals surface area contributed by atoms with Gasteiger partial charge in [-0.3, -0.25) is 0 Å². The maximum atomic E-state index is 3.71. The number of hydrogen-bond donors (Lipinski definition) is 1. The van der Waals surface area contributed by atoms with Gasteiger partial charge in [-0.1, -0.05) is 25.1 Å². The fourth-order valence-electron chi connectivity index (χ4n) is 2.51. The predicted octanol–water partition coefficient (Wildman–Crippen LogP) is 5.52. The summed E-state index contributed by atoms with van der Waals surface area (Å²) in [7, 11) is 0. The first-order valence-corrected chi connectivity index (χ1v) is 8.70. The summed E-state index contributed by atoms with van der Waals surface area (Å²) in [5.41, 5.74) is 5.54. The predicted molar refractivity (Wildman–Crippen MR) is 92.8 cm³/mol. The molecule has 0 amide bonds. The molecule has 1 atom stereocenters. The molecule has 0 spiro atoms. The molecule has 0 aliphatic heterocycles. The molecule has 0 fully saturated rings. The van der Waals surface area contributed by atoms with Gasteiger partial charge in [0.25, 0.3) is 0 Å². The largest absolute Gasteiger partial charge is 0.306 e. The molecular weight excluding hydrogens is 330 g/mol. The van der Waals surface area contributed by atoms with Crippen LogP contribution >= 0.6 is 27.3 Å². The Balaban J connectivity index is 2.47. The fourth-order valence-corrected chi connectivity index (χ4v) is 4.26. The summed E-state index contributed by atoms with van der Waals surface area (Å²) in [6.45, 7) is 9.86. The normalized spacial score (nSPS) is 12.7. The van der Waals surface area contributed by atoms with Crippen molar-refractivity contribution in [2.24, 2.45) is 0 Å². The molecule has 0 radical (unpaired) electrons. The molecule has 1 aromatic carbocycles. The Hall–Kier alpha value is -0.640. The summed E-state index contributed by atoms with van der Waals surface area (Å²) >= 11 is 5.43. The van der Waals surface area contributed by atoms with Crippen LogP contribution in [0, 0.1) is 20.8 Å². The Morgan fingerprint density at radius 3 is 2.55 bits per heavy atom. The van der Waals surface area contributed by atoms with Crippen LogP contribution in [0.2, 0.25) is 0 Å². The van der Waals surface area contributed by atoms with Crippen molar-refractivity contribution in [1.29, 1.82) is 0 Å². The lowest BCUT2D eigenvalue weighted by atomic mass is 9.93. The van der Waals surface area contributed by atoms with Crippen molar-refractivity contribution in [2.75, 3.05) is 6.54 Å². The van der Waals surface area contributed by atoms with Crippen molar-refractivity contribution in [3.8, 4) is 0 Å². The summed E-state index contributed by atoms with van der Waals surface area (Å²) in [6.07, 6.45) is 1.14. The van der Waals surface area contributed by atoms with Crippen LogP contribution in [0.5, 0.6) is 0 Å². The van der Waals surface area contributed by atoms with Gasteiger partial charge in [-0.25, -0.2) is 0 Å². The summed E-state index contributed by atoms with van der Waals surface area (Å²) in [4.78, 5) is 1.38. The van der Waals surface area contributed by atoms with Gasteiger partial charge < -0.3 is 5.32 Å². The van der Waals surface area contributed by atoms with Crippen LogP contribution in [-0.4, -0.2) is 6.54 Å². The average Bonchev–Trinajstić information content (AvgIpc) is 2.74. The second-order valence-electron chi connectivity index (χ2n) is 5.24. The van der Waals surface area contributed by atoms with Gasteiger partial charge in [0.1, 0.15) is 0 Å². The highest BCUT2D eigenvalue weighted by Crippen LogP contribution is 2.35. The number of benzene rings is 1. The lowest BCUT2D eigenvalue weighted by Gasteiger charge is -2.22. The van der Waals surface area contributed by atoms with Crippen molar-refractivity contribution in [2.45, 2.75) is 40.2 Å². The summed E-state index contributed by atoms with van der Waals surface area (Å²) in [5.74, 6) is 0. The van der Waals surface area contributed by atoms with Gasteiger partial charge in [-0.15, -0.1) is 11.3 Å². The number of nitrogens with one attached hydrogen (secondary N) is 1. The molecule has 1 N–H and O–H groups in total. The number of aryl methyl sites for hydroxylation is 2. The second kappa shape index (κ2) is 6.88. The fraction of sp³-hybridized carbons (Fsp3) is 0.412. The van der Waals surface area contributed by atoms with Crippen LogP contribution in [0.1, 0.15) is 46.5 Å². The Labute approximate surface area is 134 Å². The summed E-state index contributed by atoms with van der Waals surface area (Å²) in [5, 5.41) is 3.71. The van der Waals surface area contributed by atoms with E-state index in [-0.39, 0.29) is 6.04 Å². The van der Waals surface area contributed by atoms with E-state index in [9.17, 15) is 0 Å². The molecular formula is C17H22BrNS. The maximum absolute atomic E-state index is 3.71. The lowest BCUT2D eigenvalue weighted by molar-refractivity contribution is 0.595. The highest BCUT2D eigenvalue weighted by molar-refractivity contribution is 9.11. The van der Waals surface area contributed by atoms with E-state index in [0.717, 1.165) is 13.0 Å². The van der Waals surface area contributed by atoms with Gasteiger partial charge in [0.05, 0.1) is 9.83 Å². The summed E-state index contributed by atoms with van der Waals surface area (Å²) in [6, 6.07) is 9.15. The second-order valence-corrected chi connectivity index (χ2v) is 7.87. The van der Waals surface area contributed by atoms with E-state index in [4.69, 9.17) is 0 Å². The number of hydrogen-bond acceptors (Lipinski definition) is 2. The highest BCUT2D eigenvalue weighted by atomic mass is 79.9. The molecule has 1 aromatic heterocycles. The van der Waals surface area contributed by atoms with Gasteiger partial charge in [0, 0.05) is 4.88 Å². The van der Waals surface area contributed by atoms with Gasteiger partial charge in [-0.05, 0) is 78.0 Å². The minimum atomic E-state index is 0.289. The van der Waals surface area contributed by atoms with E-state index in [2.05, 4.69) is 73.2 Å². The quantitative estimate of drug-likeness (QED) is 0.747. The first-order chi connectivity index (χ1) is 9.54. The van der Waals surface area contributed by atoms with E-state index in [1.54, 1.807) is 0 Å². The van der Waals surface area contributed by atoms with E-state index in [1.165, 1.54) is 30.9 Å².